The molecule has 2 rings (SSSR count). The van der Waals surface area contributed by atoms with Gasteiger partial charge in [-0.25, -0.2) is 8.78 Å². The Morgan fingerprint density at radius 1 is 1.05 bits per heavy atom. The largest absolute Gasteiger partial charge is 0.508 e. The van der Waals surface area contributed by atoms with Gasteiger partial charge in [-0.15, -0.1) is 0 Å². The molecule has 0 aliphatic heterocycles. The third kappa shape index (κ3) is 3.25. The van der Waals surface area contributed by atoms with Crippen molar-refractivity contribution in [1.82, 2.24) is 0 Å². The lowest BCUT2D eigenvalue weighted by molar-refractivity contribution is 0.104. The first kappa shape index (κ1) is 13.0. The van der Waals surface area contributed by atoms with Crippen LogP contribution in [-0.2, 0) is 0 Å². The number of ketones is 1. The van der Waals surface area contributed by atoms with Crippen molar-refractivity contribution in [2.45, 2.75) is 0 Å². The van der Waals surface area contributed by atoms with E-state index in [9.17, 15) is 18.7 Å². The van der Waals surface area contributed by atoms with Crippen LogP contribution >= 0.6 is 0 Å². The van der Waals surface area contributed by atoms with Crippen molar-refractivity contribution < 1.29 is 18.7 Å². The predicted molar refractivity (Wildman–Crippen MR) is 67.8 cm³/mol. The number of carbonyl (C=O) groups excluding carboxylic acids is 1. The van der Waals surface area contributed by atoms with Gasteiger partial charge in [0.05, 0.1) is 0 Å². The van der Waals surface area contributed by atoms with E-state index in [0.717, 1.165) is 12.1 Å². The van der Waals surface area contributed by atoms with Crippen molar-refractivity contribution in [3.05, 3.63) is 71.3 Å². The molecular formula is C15H10F2O2. The Labute approximate surface area is 108 Å². The smallest absolute Gasteiger partial charge is 0.185 e. The Kier molecular flexibility index (Phi) is 3.71. The number of aromatic hydroxyl groups is 1. The third-order valence-electron chi connectivity index (χ3n) is 2.50. The third-order valence-corrected chi connectivity index (χ3v) is 2.50. The maximum Gasteiger partial charge on any atom is 0.185 e. The second-order valence-corrected chi connectivity index (χ2v) is 3.92. The molecule has 0 aliphatic carbocycles. The van der Waals surface area contributed by atoms with Crippen LogP contribution in [-0.4, -0.2) is 10.9 Å². The molecule has 1 N–H and O–H groups in total. The van der Waals surface area contributed by atoms with Crippen LogP contribution in [0.2, 0.25) is 0 Å². The molecule has 96 valence electrons. The zero-order valence-corrected chi connectivity index (χ0v) is 9.81. The molecule has 0 fully saturated rings. The summed E-state index contributed by atoms with van der Waals surface area (Å²) in [5, 5.41) is 9.25. The number of benzene rings is 2. The molecule has 2 aromatic carbocycles. The summed E-state index contributed by atoms with van der Waals surface area (Å²) in [5.74, 6) is -2.24. The number of phenolic OH excluding ortho intramolecular Hbond substituents is 1. The molecule has 0 amide bonds. The summed E-state index contributed by atoms with van der Waals surface area (Å²) in [5.41, 5.74) is 0.700. The van der Waals surface area contributed by atoms with E-state index >= 15 is 0 Å². The van der Waals surface area contributed by atoms with Gasteiger partial charge in [0.25, 0.3) is 0 Å². The molecule has 0 spiro atoms. The predicted octanol–water partition coefficient (Wildman–Crippen LogP) is 3.57. The van der Waals surface area contributed by atoms with E-state index < -0.39 is 11.6 Å². The summed E-state index contributed by atoms with van der Waals surface area (Å²) >= 11 is 0. The van der Waals surface area contributed by atoms with Crippen LogP contribution in [0, 0.1) is 11.6 Å². The van der Waals surface area contributed by atoms with Gasteiger partial charge >= 0.3 is 0 Å². The van der Waals surface area contributed by atoms with E-state index in [2.05, 4.69) is 0 Å². The van der Waals surface area contributed by atoms with Crippen LogP contribution in [0.15, 0.2) is 48.5 Å². The van der Waals surface area contributed by atoms with Gasteiger partial charge in [0, 0.05) is 5.56 Å². The highest BCUT2D eigenvalue weighted by Gasteiger charge is 2.03. The van der Waals surface area contributed by atoms with Gasteiger partial charge in [-0.1, -0.05) is 24.3 Å². The minimum absolute atomic E-state index is 0.00734. The number of halogens is 2. The molecule has 0 saturated carbocycles. The van der Waals surface area contributed by atoms with Gasteiger partial charge in [0.2, 0.25) is 0 Å². The molecule has 0 heterocycles. The average molecular weight is 260 g/mol. The molecule has 19 heavy (non-hydrogen) atoms. The number of hydrogen-bond acceptors (Lipinski definition) is 2. The van der Waals surface area contributed by atoms with Crippen LogP contribution in [0.4, 0.5) is 8.78 Å². The second-order valence-electron chi connectivity index (χ2n) is 3.92. The molecule has 0 atom stereocenters. The van der Waals surface area contributed by atoms with Crippen molar-refractivity contribution in [2.75, 3.05) is 0 Å². The summed E-state index contributed by atoms with van der Waals surface area (Å²) in [6.07, 6.45) is 2.62. The van der Waals surface area contributed by atoms with E-state index in [0.29, 0.717) is 11.1 Å². The molecule has 2 aromatic rings. The van der Waals surface area contributed by atoms with Crippen molar-refractivity contribution >= 4 is 11.9 Å². The summed E-state index contributed by atoms with van der Waals surface area (Å²) in [4.78, 5) is 11.8. The van der Waals surface area contributed by atoms with Gasteiger partial charge in [0.15, 0.2) is 17.4 Å². The highest BCUT2D eigenvalue weighted by Crippen LogP contribution is 2.13. The van der Waals surface area contributed by atoms with Crippen LogP contribution in [0.1, 0.15) is 15.9 Å². The molecular weight excluding hydrogens is 250 g/mol. The Morgan fingerprint density at radius 3 is 2.53 bits per heavy atom. The quantitative estimate of drug-likeness (QED) is 0.676. The minimum Gasteiger partial charge on any atom is -0.508 e. The molecule has 0 bridgehead atoms. The number of rotatable bonds is 3. The molecule has 4 heteroatoms. The number of hydrogen-bond donors (Lipinski definition) is 1. The molecule has 2 nitrogen and oxygen atoms in total. The van der Waals surface area contributed by atoms with Crippen molar-refractivity contribution in [3.8, 4) is 5.75 Å². The molecule has 0 unspecified atom stereocenters. The van der Waals surface area contributed by atoms with E-state index in [1.807, 2.05) is 0 Å². The Bertz CT molecular complexity index is 648. The molecule has 0 radical (unpaired) electrons. The Hall–Kier alpha value is -2.49. The van der Waals surface area contributed by atoms with Gasteiger partial charge in [-0.2, -0.15) is 0 Å². The average Bonchev–Trinajstić information content (AvgIpc) is 2.40. The first-order chi connectivity index (χ1) is 9.06. The van der Waals surface area contributed by atoms with Crippen LogP contribution in [0.3, 0.4) is 0 Å². The van der Waals surface area contributed by atoms with Crippen molar-refractivity contribution in [2.24, 2.45) is 0 Å². The first-order valence-corrected chi connectivity index (χ1v) is 5.53. The van der Waals surface area contributed by atoms with E-state index in [1.54, 1.807) is 12.1 Å². The minimum atomic E-state index is -0.966. The molecule has 0 aromatic heterocycles. The fourth-order valence-corrected chi connectivity index (χ4v) is 1.54. The van der Waals surface area contributed by atoms with E-state index in [-0.39, 0.29) is 11.5 Å². The highest BCUT2D eigenvalue weighted by atomic mass is 19.2. The van der Waals surface area contributed by atoms with Crippen LogP contribution < -0.4 is 0 Å². The van der Waals surface area contributed by atoms with Gasteiger partial charge in [0.1, 0.15) is 5.75 Å². The lowest BCUT2D eigenvalue weighted by Crippen LogP contribution is -1.93. The zero-order valence-electron chi connectivity index (χ0n) is 9.81. The van der Waals surface area contributed by atoms with Gasteiger partial charge in [-0.3, -0.25) is 4.79 Å². The summed E-state index contributed by atoms with van der Waals surface area (Å²) in [7, 11) is 0. The Balaban J connectivity index is 2.18. The summed E-state index contributed by atoms with van der Waals surface area (Å²) in [6, 6.07) is 9.25. The maximum absolute atomic E-state index is 13.0. The topological polar surface area (TPSA) is 37.3 Å². The standard InChI is InChI=1S/C15H10F2O2/c16-13-6-4-10(8-14(13)17)5-7-15(19)11-2-1-3-12(18)9-11/h1-9,18H. The SMILES string of the molecule is O=C(C=Cc1ccc(F)c(F)c1)c1cccc(O)c1. The summed E-state index contributed by atoms with van der Waals surface area (Å²) in [6.45, 7) is 0. The van der Waals surface area contributed by atoms with Crippen molar-refractivity contribution in [3.63, 3.8) is 0 Å². The zero-order chi connectivity index (χ0) is 13.8. The van der Waals surface area contributed by atoms with Gasteiger partial charge < -0.3 is 5.11 Å². The second kappa shape index (κ2) is 5.44. The van der Waals surface area contributed by atoms with Gasteiger partial charge in [-0.05, 0) is 35.9 Å². The number of phenols is 1. The molecule has 0 saturated heterocycles. The number of allylic oxidation sites excluding steroid dienone is 1. The highest BCUT2D eigenvalue weighted by molar-refractivity contribution is 6.07. The Morgan fingerprint density at radius 2 is 1.84 bits per heavy atom. The summed E-state index contributed by atoms with van der Waals surface area (Å²) < 4.78 is 25.7. The molecule has 0 aliphatic rings. The first-order valence-electron chi connectivity index (χ1n) is 5.53. The fraction of sp³-hybridized carbons (Fsp3) is 0. The normalized spacial score (nSPS) is 10.8. The lowest BCUT2D eigenvalue weighted by atomic mass is 10.1. The maximum atomic E-state index is 13.0. The number of carbonyl (C=O) groups is 1. The van der Waals surface area contributed by atoms with E-state index in [1.165, 1.54) is 30.4 Å². The lowest BCUT2D eigenvalue weighted by Gasteiger charge is -1.98. The monoisotopic (exact) mass is 260 g/mol. The van der Waals surface area contributed by atoms with E-state index in [4.69, 9.17) is 0 Å². The van der Waals surface area contributed by atoms with Crippen molar-refractivity contribution in [1.29, 1.82) is 0 Å². The van der Waals surface area contributed by atoms with Crippen LogP contribution in [0.25, 0.3) is 6.08 Å². The fourth-order valence-electron chi connectivity index (χ4n) is 1.54. The van der Waals surface area contributed by atoms with Crippen LogP contribution in [0.5, 0.6) is 5.75 Å².